The van der Waals surface area contributed by atoms with Crippen molar-refractivity contribution in [2.24, 2.45) is 11.8 Å². The molecule has 0 saturated heterocycles. The van der Waals surface area contributed by atoms with Crippen LogP contribution in [0.3, 0.4) is 0 Å². The van der Waals surface area contributed by atoms with Gasteiger partial charge in [0.2, 0.25) is 12.2 Å². The average molecular weight is 1070 g/mol. The maximum Gasteiger partial charge on any atom is 0.348 e. The first-order valence-corrected chi connectivity index (χ1v) is 26.6. The van der Waals surface area contributed by atoms with Crippen LogP contribution >= 0.6 is 0 Å². The summed E-state index contributed by atoms with van der Waals surface area (Å²) < 4.78 is 68.6. The second-order valence-corrected chi connectivity index (χ2v) is 19.9. The molecule has 0 bridgehead atoms. The summed E-state index contributed by atoms with van der Waals surface area (Å²) in [7, 11) is 12.8. The van der Waals surface area contributed by atoms with Crippen LogP contribution in [0.15, 0.2) is 60.7 Å². The third-order valence-corrected chi connectivity index (χ3v) is 14.9. The van der Waals surface area contributed by atoms with Crippen molar-refractivity contribution in [1.29, 1.82) is 0 Å². The fraction of sp³-hybridized carbons (Fsp3) is 0.525. The summed E-state index contributed by atoms with van der Waals surface area (Å²) in [5.41, 5.74) is 6.14. The van der Waals surface area contributed by atoms with E-state index in [2.05, 4.69) is 9.80 Å². The molecule has 0 amide bonds. The standard InChI is InChI=1S/C59H74N2O16/c1-66-46-18-12-36(28-48(46)68-3)26-44-42-32-52(72-7)50(70-5)30-40(42)20-22-60(44)34-54(76-56(62)38-14-15-38)58(64)74-24-10-9-11-25-75-59(65)55(77-57(63)39-16-17-39)35-61-23-21-41-31-51(71-6)53(73-8)33-43(41)45(61)27-37-13-19-47(67-2)49(29-37)69-4/h12-13,18-19,28-33,38-39,44-45,54-55H,9-11,14-17,20-27,34-35H2,1-8H3. The van der Waals surface area contributed by atoms with Crippen LogP contribution in [0, 0.1) is 11.8 Å². The number of nitrogens with zero attached hydrogens (tertiary/aromatic N) is 2. The van der Waals surface area contributed by atoms with Gasteiger partial charge < -0.3 is 56.8 Å². The number of hydrogen-bond donors (Lipinski definition) is 0. The minimum Gasteiger partial charge on any atom is -0.493 e. The number of rotatable bonds is 28. The van der Waals surface area contributed by atoms with Gasteiger partial charge >= 0.3 is 23.9 Å². The maximum atomic E-state index is 14.0. The Balaban J connectivity index is 0.901. The van der Waals surface area contributed by atoms with E-state index < -0.39 is 36.1 Å². The van der Waals surface area contributed by atoms with Crippen molar-refractivity contribution in [3.05, 3.63) is 94.0 Å². The van der Waals surface area contributed by atoms with Crippen LogP contribution in [-0.4, -0.2) is 142 Å². The molecule has 0 N–H and O–H groups in total. The number of hydrogen-bond acceptors (Lipinski definition) is 18. The summed E-state index contributed by atoms with van der Waals surface area (Å²) in [6, 6.07) is 19.1. The topological polar surface area (TPSA) is 186 Å². The van der Waals surface area contributed by atoms with E-state index in [0.717, 1.165) is 59.1 Å². The van der Waals surface area contributed by atoms with E-state index in [1.54, 1.807) is 56.9 Å². The van der Waals surface area contributed by atoms with Gasteiger partial charge in [-0.25, -0.2) is 9.59 Å². The van der Waals surface area contributed by atoms with Gasteiger partial charge in [-0.1, -0.05) is 12.1 Å². The molecule has 2 saturated carbocycles. The third kappa shape index (κ3) is 14.0. The van der Waals surface area contributed by atoms with E-state index in [-0.39, 0.29) is 50.2 Å². The minimum absolute atomic E-state index is 0.0648. The molecule has 0 spiro atoms. The Bertz CT molecular complexity index is 2520. The van der Waals surface area contributed by atoms with Gasteiger partial charge in [-0.15, -0.1) is 0 Å². The number of ether oxygens (including phenoxy) is 12. The number of carbonyl (C=O) groups is 4. The number of fused-ring (bicyclic) bond motifs is 2. The quantitative estimate of drug-likeness (QED) is 0.0307. The van der Waals surface area contributed by atoms with E-state index >= 15 is 0 Å². The number of carbonyl (C=O) groups excluding carboxylic acids is 4. The Morgan fingerprint density at radius 1 is 0.455 bits per heavy atom. The second-order valence-electron chi connectivity index (χ2n) is 19.9. The third-order valence-electron chi connectivity index (χ3n) is 14.9. The molecule has 2 aliphatic carbocycles. The predicted octanol–water partition coefficient (Wildman–Crippen LogP) is 7.64. The van der Waals surface area contributed by atoms with Crippen LogP contribution in [0.25, 0.3) is 0 Å². The van der Waals surface area contributed by atoms with Crippen molar-refractivity contribution in [2.45, 2.75) is 94.9 Å². The minimum atomic E-state index is -1.18. The highest BCUT2D eigenvalue weighted by atomic mass is 16.6. The van der Waals surface area contributed by atoms with Crippen LogP contribution in [0.4, 0.5) is 0 Å². The second kappa shape index (κ2) is 26.4. The SMILES string of the molecule is COc1ccc(CC2c3cc(OC)c(OC)cc3CCN2CC(OC(=O)C2CC2)C(=O)OCCCCCOC(=O)C(CN2CCc3cc(OC)c(OC)cc3C2Cc2ccc(OC)c(OC)c2)OC(=O)C2CC2)cc1OC. The molecule has 8 rings (SSSR count). The molecule has 4 aromatic rings. The fourth-order valence-corrected chi connectivity index (χ4v) is 10.3. The molecule has 2 fully saturated rings. The van der Waals surface area contributed by atoms with Crippen molar-refractivity contribution in [3.63, 3.8) is 0 Å². The molecule has 18 heteroatoms. The first-order valence-electron chi connectivity index (χ1n) is 26.6. The molecule has 0 radical (unpaired) electrons. The lowest BCUT2D eigenvalue weighted by Crippen LogP contribution is -2.46. The van der Waals surface area contributed by atoms with E-state index in [9.17, 15) is 19.2 Å². The van der Waals surface area contributed by atoms with Gasteiger partial charge in [-0.3, -0.25) is 19.4 Å². The van der Waals surface area contributed by atoms with Crippen LogP contribution in [-0.2, 0) is 63.8 Å². The van der Waals surface area contributed by atoms with Gasteiger partial charge in [0.05, 0.1) is 81.9 Å². The molecule has 18 nitrogen and oxygen atoms in total. The molecule has 2 aliphatic heterocycles. The van der Waals surface area contributed by atoms with Crippen LogP contribution in [0.2, 0.25) is 0 Å². The summed E-state index contributed by atoms with van der Waals surface area (Å²) >= 11 is 0. The van der Waals surface area contributed by atoms with Crippen molar-refractivity contribution in [3.8, 4) is 46.0 Å². The fourth-order valence-electron chi connectivity index (χ4n) is 10.3. The molecule has 2 heterocycles. The normalized spacial score (nSPS) is 17.8. The summed E-state index contributed by atoms with van der Waals surface area (Å²) in [5, 5.41) is 0. The van der Waals surface area contributed by atoms with Gasteiger partial charge in [-0.05, 0) is 153 Å². The van der Waals surface area contributed by atoms with E-state index in [4.69, 9.17) is 56.8 Å². The lowest BCUT2D eigenvalue weighted by atomic mass is 9.87. The van der Waals surface area contributed by atoms with Gasteiger partial charge in [0.15, 0.2) is 46.0 Å². The first-order chi connectivity index (χ1) is 37.4. The summed E-state index contributed by atoms with van der Waals surface area (Å²) in [6.07, 6.45) is 4.39. The van der Waals surface area contributed by atoms with Crippen molar-refractivity contribution in [1.82, 2.24) is 9.80 Å². The Morgan fingerprint density at radius 3 is 1.16 bits per heavy atom. The summed E-state index contributed by atoms with van der Waals surface area (Å²) in [6.45, 7) is 1.48. The van der Waals surface area contributed by atoms with E-state index in [1.807, 2.05) is 60.7 Å². The molecule has 4 aliphatic rings. The zero-order valence-corrected chi connectivity index (χ0v) is 45.7. The summed E-state index contributed by atoms with van der Waals surface area (Å²) in [4.78, 5) is 58.7. The molecule has 4 unspecified atom stereocenters. The van der Waals surface area contributed by atoms with Crippen LogP contribution in [0.1, 0.15) is 90.4 Å². The Kier molecular flexibility index (Phi) is 19.3. The highest BCUT2D eigenvalue weighted by Crippen LogP contribution is 2.43. The Hall–Kier alpha value is -6.92. The predicted molar refractivity (Wildman–Crippen MR) is 283 cm³/mol. The lowest BCUT2D eigenvalue weighted by Gasteiger charge is -2.39. The van der Waals surface area contributed by atoms with E-state index in [1.165, 1.54) is 0 Å². The van der Waals surface area contributed by atoms with Gasteiger partial charge in [0, 0.05) is 38.3 Å². The molecule has 77 heavy (non-hydrogen) atoms. The van der Waals surface area contributed by atoms with Crippen LogP contribution < -0.4 is 37.9 Å². The van der Waals surface area contributed by atoms with Crippen molar-refractivity contribution in [2.75, 3.05) is 96.3 Å². The number of unbranched alkanes of at least 4 members (excludes halogenated alkanes) is 2. The number of benzene rings is 4. The largest absolute Gasteiger partial charge is 0.493 e. The number of esters is 4. The zero-order chi connectivity index (χ0) is 54.6. The molecular weight excluding hydrogens is 993 g/mol. The van der Waals surface area contributed by atoms with Crippen molar-refractivity contribution >= 4 is 23.9 Å². The first kappa shape index (κ1) is 56.3. The lowest BCUT2D eigenvalue weighted by molar-refractivity contribution is -0.171. The Labute approximate surface area is 451 Å². The zero-order valence-electron chi connectivity index (χ0n) is 45.7. The molecule has 4 aromatic carbocycles. The smallest absolute Gasteiger partial charge is 0.348 e. The molecule has 4 atom stereocenters. The highest BCUT2D eigenvalue weighted by Gasteiger charge is 2.41. The molecule has 416 valence electrons. The van der Waals surface area contributed by atoms with Gasteiger partial charge in [-0.2, -0.15) is 0 Å². The van der Waals surface area contributed by atoms with Crippen LogP contribution in [0.5, 0.6) is 46.0 Å². The molecular formula is C59H74N2O16. The van der Waals surface area contributed by atoms with Crippen molar-refractivity contribution < 1.29 is 76.0 Å². The van der Waals surface area contributed by atoms with E-state index in [0.29, 0.717) is 104 Å². The average Bonchev–Trinajstić information content (AvgIpc) is 4.42. The number of methoxy groups -OCH3 is 8. The van der Waals surface area contributed by atoms with Gasteiger partial charge in [0.1, 0.15) is 0 Å². The highest BCUT2D eigenvalue weighted by molar-refractivity contribution is 5.82. The monoisotopic (exact) mass is 1070 g/mol. The summed E-state index contributed by atoms with van der Waals surface area (Å²) in [5.74, 6) is 2.28. The molecule has 0 aromatic heterocycles. The van der Waals surface area contributed by atoms with Gasteiger partial charge in [0.25, 0.3) is 0 Å². The Morgan fingerprint density at radius 2 is 0.805 bits per heavy atom. The maximum absolute atomic E-state index is 14.0.